The van der Waals surface area contributed by atoms with Crippen molar-refractivity contribution in [2.24, 2.45) is 0 Å². The Morgan fingerprint density at radius 1 is 1.04 bits per heavy atom. The molecule has 26 heavy (non-hydrogen) atoms. The van der Waals surface area contributed by atoms with Crippen molar-refractivity contribution in [2.75, 3.05) is 11.5 Å². The van der Waals surface area contributed by atoms with Gasteiger partial charge < -0.3 is 4.74 Å². The molecule has 0 aliphatic carbocycles. The summed E-state index contributed by atoms with van der Waals surface area (Å²) in [5.74, 6) is -2.08. The maximum absolute atomic E-state index is 12.7. The highest BCUT2D eigenvalue weighted by Gasteiger charge is 2.37. The Balaban J connectivity index is 1.93. The Morgan fingerprint density at radius 2 is 1.73 bits per heavy atom. The molecule has 0 aromatic heterocycles. The number of amides is 2. The Bertz CT molecular complexity index is 966. The van der Waals surface area contributed by atoms with Crippen LogP contribution < -0.4 is 4.90 Å². The number of aryl methyl sites for hydroxylation is 1. The molecule has 0 atom stereocenters. The van der Waals surface area contributed by atoms with E-state index in [1.807, 2.05) is 6.92 Å². The van der Waals surface area contributed by atoms with Gasteiger partial charge in [-0.05, 0) is 49.7 Å². The van der Waals surface area contributed by atoms with Crippen LogP contribution in [-0.2, 0) is 9.53 Å². The molecule has 0 fully saturated rings. The Kier molecular flexibility index (Phi) is 4.61. The van der Waals surface area contributed by atoms with Gasteiger partial charge >= 0.3 is 5.97 Å². The first-order valence-corrected chi connectivity index (χ1v) is 8.13. The number of carbonyl (C=O) groups excluding carboxylic acids is 4. The second-order valence-electron chi connectivity index (χ2n) is 5.92. The van der Waals surface area contributed by atoms with E-state index in [-0.39, 0.29) is 29.1 Å². The summed E-state index contributed by atoms with van der Waals surface area (Å²) in [6, 6.07) is 8.97. The number of imide groups is 1. The van der Waals surface area contributed by atoms with E-state index in [1.165, 1.54) is 25.1 Å². The minimum atomic E-state index is -0.736. The van der Waals surface area contributed by atoms with Crippen molar-refractivity contribution < 1.29 is 23.9 Å². The van der Waals surface area contributed by atoms with Crippen molar-refractivity contribution in [3.63, 3.8) is 0 Å². The number of benzene rings is 2. The molecule has 0 radical (unpaired) electrons. The zero-order chi connectivity index (χ0) is 19.0. The summed E-state index contributed by atoms with van der Waals surface area (Å²) in [5.41, 5.74) is 1.56. The molecule has 132 valence electrons. The largest absolute Gasteiger partial charge is 0.454 e. The van der Waals surface area contributed by atoms with E-state index in [9.17, 15) is 19.2 Å². The van der Waals surface area contributed by atoms with Crippen molar-refractivity contribution in [1.82, 2.24) is 0 Å². The van der Waals surface area contributed by atoms with Gasteiger partial charge in [0.15, 0.2) is 5.78 Å². The van der Waals surface area contributed by atoms with Crippen molar-refractivity contribution in [3.8, 4) is 0 Å². The number of hydrogen-bond acceptors (Lipinski definition) is 5. The smallest absolute Gasteiger partial charge is 0.338 e. The van der Waals surface area contributed by atoms with Gasteiger partial charge in [-0.1, -0.05) is 17.7 Å². The standard InChI is InChI=1S/C19H14ClNO5/c1-10-3-5-13(8-16(10)20)21-17(23)14-6-4-12(7-15(14)18(21)24)19(25)26-9-11(2)22/h3-8H,9H2,1-2H3. The third-order valence-corrected chi connectivity index (χ3v) is 4.35. The lowest BCUT2D eigenvalue weighted by Crippen LogP contribution is -2.29. The summed E-state index contributed by atoms with van der Waals surface area (Å²) in [5, 5.41) is 0.438. The number of ketones is 1. The van der Waals surface area contributed by atoms with E-state index < -0.39 is 17.8 Å². The van der Waals surface area contributed by atoms with Gasteiger partial charge in [-0.25, -0.2) is 9.69 Å². The van der Waals surface area contributed by atoms with E-state index in [4.69, 9.17) is 16.3 Å². The molecule has 1 aliphatic heterocycles. The number of carbonyl (C=O) groups is 4. The highest BCUT2D eigenvalue weighted by atomic mass is 35.5. The predicted octanol–water partition coefficient (Wildman–Crippen LogP) is 3.19. The monoisotopic (exact) mass is 371 g/mol. The first-order valence-electron chi connectivity index (χ1n) is 7.75. The van der Waals surface area contributed by atoms with Crippen LogP contribution in [0.25, 0.3) is 0 Å². The third-order valence-electron chi connectivity index (χ3n) is 3.94. The molecule has 2 aromatic rings. The lowest BCUT2D eigenvalue weighted by molar-refractivity contribution is -0.120. The van der Waals surface area contributed by atoms with Crippen LogP contribution in [0.2, 0.25) is 5.02 Å². The molecule has 1 aliphatic rings. The fraction of sp³-hybridized carbons (Fsp3) is 0.158. The van der Waals surface area contributed by atoms with Crippen molar-refractivity contribution in [3.05, 3.63) is 63.7 Å². The Labute approximate surface area is 154 Å². The summed E-state index contributed by atoms with van der Waals surface area (Å²) in [4.78, 5) is 49.2. The number of anilines is 1. The van der Waals surface area contributed by atoms with Gasteiger partial charge in [0, 0.05) is 5.02 Å². The van der Waals surface area contributed by atoms with Crippen molar-refractivity contribution in [1.29, 1.82) is 0 Å². The summed E-state index contributed by atoms with van der Waals surface area (Å²) in [7, 11) is 0. The average molecular weight is 372 g/mol. The minimum Gasteiger partial charge on any atom is -0.454 e. The fourth-order valence-corrected chi connectivity index (χ4v) is 2.75. The Hall–Kier alpha value is -2.99. The van der Waals surface area contributed by atoms with Crippen LogP contribution in [0.3, 0.4) is 0 Å². The molecule has 3 rings (SSSR count). The van der Waals surface area contributed by atoms with Crippen LogP contribution in [0.4, 0.5) is 5.69 Å². The molecule has 2 aromatic carbocycles. The summed E-state index contributed by atoms with van der Waals surface area (Å²) < 4.78 is 4.84. The number of Topliss-reactive ketones (excluding diaryl/α,β-unsaturated/α-hetero) is 1. The predicted molar refractivity (Wildman–Crippen MR) is 94.7 cm³/mol. The van der Waals surface area contributed by atoms with Crippen LogP contribution >= 0.6 is 11.6 Å². The summed E-state index contributed by atoms with van der Waals surface area (Å²) >= 11 is 6.09. The Morgan fingerprint density at radius 3 is 2.38 bits per heavy atom. The van der Waals surface area contributed by atoms with Crippen LogP contribution in [0.1, 0.15) is 43.6 Å². The van der Waals surface area contributed by atoms with Gasteiger partial charge in [0.25, 0.3) is 11.8 Å². The van der Waals surface area contributed by atoms with E-state index in [0.29, 0.717) is 10.7 Å². The molecular weight excluding hydrogens is 358 g/mol. The van der Waals surface area contributed by atoms with Gasteiger partial charge in [-0.15, -0.1) is 0 Å². The number of halogens is 1. The van der Waals surface area contributed by atoms with Crippen LogP contribution in [0.5, 0.6) is 0 Å². The molecule has 0 bridgehead atoms. The average Bonchev–Trinajstić information content (AvgIpc) is 2.86. The van der Waals surface area contributed by atoms with E-state index >= 15 is 0 Å². The number of fused-ring (bicyclic) bond motifs is 1. The van der Waals surface area contributed by atoms with Crippen LogP contribution in [0, 0.1) is 6.92 Å². The molecule has 0 N–H and O–H groups in total. The zero-order valence-electron chi connectivity index (χ0n) is 14.0. The quantitative estimate of drug-likeness (QED) is 0.609. The lowest BCUT2D eigenvalue weighted by atomic mass is 10.1. The van der Waals surface area contributed by atoms with Crippen LogP contribution in [-0.4, -0.2) is 30.2 Å². The molecule has 0 unspecified atom stereocenters. The van der Waals surface area contributed by atoms with E-state index in [2.05, 4.69) is 0 Å². The highest BCUT2D eigenvalue weighted by molar-refractivity contribution is 6.36. The van der Waals surface area contributed by atoms with Gasteiger partial charge in [0.1, 0.15) is 6.61 Å². The first kappa shape index (κ1) is 17.8. The molecule has 7 heteroatoms. The normalized spacial score (nSPS) is 13.0. The number of rotatable bonds is 4. The van der Waals surface area contributed by atoms with Crippen molar-refractivity contribution in [2.45, 2.75) is 13.8 Å². The summed E-state index contributed by atoms with van der Waals surface area (Å²) in [6.45, 7) is 2.76. The molecule has 6 nitrogen and oxygen atoms in total. The van der Waals surface area contributed by atoms with Crippen molar-refractivity contribution >= 4 is 40.9 Å². The molecule has 0 saturated heterocycles. The number of nitrogens with zero attached hydrogens (tertiary/aromatic N) is 1. The maximum atomic E-state index is 12.7. The molecule has 0 spiro atoms. The van der Waals surface area contributed by atoms with Gasteiger partial charge in [-0.3, -0.25) is 14.4 Å². The third kappa shape index (κ3) is 3.11. The summed E-state index contributed by atoms with van der Waals surface area (Å²) in [6.07, 6.45) is 0. The number of ether oxygens (including phenoxy) is 1. The van der Waals surface area contributed by atoms with Crippen LogP contribution in [0.15, 0.2) is 36.4 Å². The van der Waals surface area contributed by atoms with Gasteiger partial charge in [-0.2, -0.15) is 0 Å². The number of esters is 1. The zero-order valence-corrected chi connectivity index (χ0v) is 14.8. The molecule has 0 saturated carbocycles. The second-order valence-corrected chi connectivity index (χ2v) is 6.32. The van der Waals surface area contributed by atoms with Gasteiger partial charge in [0.05, 0.1) is 22.4 Å². The molecule has 1 heterocycles. The second kappa shape index (κ2) is 6.72. The van der Waals surface area contributed by atoms with E-state index in [1.54, 1.807) is 18.2 Å². The maximum Gasteiger partial charge on any atom is 0.338 e. The molecular formula is C19H14ClNO5. The highest BCUT2D eigenvalue weighted by Crippen LogP contribution is 2.31. The topological polar surface area (TPSA) is 80.8 Å². The minimum absolute atomic E-state index is 0.0925. The van der Waals surface area contributed by atoms with Gasteiger partial charge in [0.2, 0.25) is 0 Å². The number of hydrogen-bond donors (Lipinski definition) is 0. The fourth-order valence-electron chi connectivity index (χ4n) is 2.57. The molecule has 2 amide bonds. The SMILES string of the molecule is CC(=O)COC(=O)c1ccc2c(c1)C(=O)N(c1ccc(C)c(Cl)c1)C2=O. The lowest BCUT2D eigenvalue weighted by Gasteiger charge is -2.14. The van der Waals surface area contributed by atoms with E-state index in [0.717, 1.165) is 10.5 Å². The first-order chi connectivity index (χ1) is 12.3.